The zero-order valence-corrected chi connectivity index (χ0v) is 16.4. The minimum Gasteiger partial charge on any atom is -0.479 e. The van der Waals surface area contributed by atoms with Gasteiger partial charge < -0.3 is 14.4 Å². The van der Waals surface area contributed by atoms with E-state index in [2.05, 4.69) is 15.3 Å². The first-order valence-corrected chi connectivity index (χ1v) is 11.0. The average Bonchev–Trinajstić information content (AvgIpc) is 2.56. The van der Waals surface area contributed by atoms with E-state index < -0.39 is 16.3 Å². The van der Waals surface area contributed by atoms with Gasteiger partial charge in [0.15, 0.2) is 6.26 Å². The van der Waals surface area contributed by atoms with Crippen molar-refractivity contribution in [2.75, 3.05) is 6.61 Å². The molecule has 0 saturated carbocycles. The van der Waals surface area contributed by atoms with Crippen LogP contribution in [0.25, 0.3) is 0 Å². The summed E-state index contributed by atoms with van der Waals surface area (Å²) in [5, 5.41) is 16.8. The lowest BCUT2D eigenvalue weighted by Crippen LogP contribution is -2.08. The SMILES string of the molecule is CCCCCCCCCCCCCCCCOS(=O)(=O)OC=C(O)O. The number of rotatable bonds is 18. The number of aliphatic hydroxyl groups is 2. The maximum atomic E-state index is 11.2. The van der Waals surface area contributed by atoms with Crippen molar-refractivity contribution in [1.82, 2.24) is 0 Å². The molecule has 25 heavy (non-hydrogen) atoms. The van der Waals surface area contributed by atoms with Crippen LogP contribution in [-0.4, -0.2) is 25.2 Å². The highest BCUT2D eigenvalue weighted by Crippen LogP contribution is 2.13. The van der Waals surface area contributed by atoms with Crippen molar-refractivity contribution in [3.05, 3.63) is 12.2 Å². The predicted molar refractivity (Wildman–Crippen MR) is 99.6 cm³/mol. The van der Waals surface area contributed by atoms with Crippen LogP contribution >= 0.6 is 0 Å². The average molecular weight is 381 g/mol. The molecule has 0 radical (unpaired) electrons. The van der Waals surface area contributed by atoms with Crippen LogP contribution in [0.4, 0.5) is 0 Å². The quantitative estimate of drug-likeness (QED) is 0.235. The Bertz CT molecular complexity index is 415. The second-order valence-corrected chi connectivity index (χ2v) is 7.64. The van der Waals surface area contributed by atoms with Gasteiger partial charge in [-0.25, -0.2) is 4.18 Å². The smallest absolute Gasteiger partial charge is 0.448 e. The molecule has 0 fully saturated rings. The van der Waals surface area contributed by atoms with Gasteiger partial charge in [0.25, 0.3) is 0 Å². The van der Waals surface area contributed by atoms with Gasteiger partial charge in [-0.2, -0.15) is 8.42 Å². The minimum absolute atomic E-state index is 0.0421. The molecule has 0 aliphatic heterocycles. The number of hydrogen-bond acceptors (Lipinski definition) is 6. The van der Waals surface area contributed by atoms with Gasteiger partial charge in [-0.15, -0.1) is 0 Å². The molecule has 0 spiro atoms. The van der Waals surface area contributed by atoms with Crippen LogP contribution in [0, 0.1) is 0 Å². The van der Waals surface area contributed by atoms with E-state index in [0.29, 0.717) is 12.7 Å². The molecule has 0 amide bonds. The van der Waals surface area contributed by atoms with E-state index in [4.69, 9.17) is 10.2 Å². The summed E-state index contributed by atoms with van der Waals surface area (Å²) in [7, 11) is -4.19. The summed E-state index contributed by atoms with van der Waals surface area (Å²) in [6.45, 7) is 2.28. The van der Waals surface area contributed by atoms with Crippen molar-refractivity contribution in [2.24, 2.45) is 0 Å². The van der Waals surface area contributed by atoms with Crippen LogP contribution in [-0.2, 0) is 18.8 Å². The molecule has 0 unspecified atom stereocenters. The van der Waals surface area contributed by atoms with E-state index in [1.807, 2.05) is 0 Å². The van der Waals surface area contributed by atoms with E-state index in [1.54, 1.807) is 0 Å². The lowest BCUT2D eigenvalue weighted by atomic mass is 10.0. The minimum atomic E-state index is -4.19. The van der Waals surface area contributed by atoms with Crippen molar-refractivity contribution < 1.29 is 27.0 Å². The molecule has 7 heteroatoms. The van der Waals surface area contributed by atoms with E-state index in [0.717, 1.165) is 12.8 Å². The van der Waals surface area contributed by atoms with Gasteiger partial charge in [0.05, 0.1) is 6.61 Å². The standard InChI is InChI=1S/C18H36O6S/c1-2-3-4-5-6-7-8-9-10-11-12-13-14-15-16-23-25(21,22)24-17-18(19)20/h17,19-20H,2-16H2,1H3. The summed E-state index contributed by atoms with van der Waals surface area (Å²) in [5.41, 5.74) is 0. The molecule has 6 nitrogen and oxygen atoms in total. The Balaban J connectivity index is 3.27. The molecule has 0 aliphatic rings. The number of hydrogen-bond donors (Lipinski definition) is 2. The Hall–Kier alpha value is -0.950. The first-order chi connectivity index (χ1) is 12.0. The van der Waals surface area contributed by atoms with E-state index in [1.165, 1.54) is 70.6 Å². The van der Waals surface area contributed by atoms with Crippen molar-refractivity contribution in [1.29, 1.82) is 0 Å². The number of unbranched alkanes of at least 4 members (excludes halogenated alkanes) is 13. The van der Waals surface area contributed by atoms with Crippen LogP contribution < -0.4 is 0 Å². The third-order valence-electron chi connectivity index (χ3n) is 4.00. The Morgan fingerprint density at radius 1 is 0.760 bits per heavy atom. The zero-order valence-electron chi connectivity index (χ0n) is 15.6. The zero-order chi connectivity index (χ0) is 18.8. The highest BCUT2D eigenvalue weighted by atomic mass is 32.3. The molecule has 0 heterocycles. The molecule has 0 aromatic rings. The molecular formula is C18H36O6S. The van der Waals surface area contributed by atoms with Gasteiger partial charge in [-0.3, -0.25) is 0 Å². The van der Waals surface area contributed by atoms with Crippen LogP contribution in [0.5, 0.6) is 0 Å². The fourth-order valence-corrected chi connectivity index (χ4v) is 3.17. The first kappa shape index (κ1) is 24.1. The molecule has 2 N–H and O–H groups in total. The Morgan fingerprint density at radius 2 is 1.16 bits per heavy atom. The van der Waals surface area contributed by atoms with Crippen molar-refractivity contribution >= 4 is 10.4 Å². The fraction of sp³-hybridized carbons (Fsp3) is 0.889. The monoisotopic (exact) mass is 380 g/mol. The molecule has 0 rings (SSSR count). The third kappa shape index (κ3) is 19.2. The van der Waals surface area contributed by atoms with Gasteiger partial charge >= 0.3 is 16.3 Å². The van der Waals surface area contributed by atoms with Gasteiger partial charge in [0.2, 0.25) is 0 Å². The van der Waals surface area contributed by atoms with Crippen LogP contribution in [0.1, 0.15) is 96.8 Å². The normalized spacial score (nSPS) is 11.4. The van der Waals surface area contributed by atoms with E-state index in [-0.39, 0.29) is 6.61 Å². The summed E-state index contributed by atoms with van der Waals surface area (Å²) < 4.78 is 31.0. The second-order valence-electron chi connectivity index (χ2n) is 6.40. The molecule has 0 aromatic carbocycles. The van der Waals surface area contributed by atoms with Crippen molar-refractivity contribution in [3.8, 4) is 0 Å². The molecule has 150 valence electrons. The molecule has 0 bridgehead atoms. The van der Waals surface area contributed by atoms with E-state index in [9.17, 15) is 8.42 Å². The van der Waals surface area contributed by atoms with Crippen LogP contribution in [0.15, 0.2) is 12.2 Å². The van der Waals surface area contributed by atoms with Crippen LogP contribution in [0.2, 0.25) is 0 Å². The maximum absolute atomic E-state index is 11.2. The highest BCUT2D eigenvalue weighted by Gasteiger charge is 2.10. The number of aliphatic hydroxyl groups excluding tert-OH is 1. The van der Waals surface area contributed by atoms with Gasteiger partial charge in [-0.05, 0) is 6.42 Å². The molecule has 0 saturated heterocycles. The summed E-state index contributed by atoms with van der Waals surface area (Å²) in [6, 6.07) is 0. The largest absolute Gasteiger partial charge is 0.479 e. The van der Waals surface area contributed by atoms with Gasteiger partial charge in [-0.1, -0.05) is 90.4 Å². The first-order valence-electron chi connectivity index (χ1n) is 9.63. The second kappa shape index (κ2) is 16.5. The molecule has 0 atom stereocenters. The van der Waals surface area contributed by atoms with Crippen molar-refractivity contribution in [2.45, 2.75) is 96.8 Å². The van der Waals surface area contributed by atoms with E-state index >= 15 is 0 Å². The molecule has 0 aromatic heterocycles. The lowest BCUT2D eigenvalue weighted by Gasteiger charge is -2.04. The topological polar surface area (TPSA) is 93.1 Å². The Morgan fingerprint density at radius 3 is 1.56 bits per heavy atom. The Kier molecular flexibility index (Phi) is 15.9. The summed E-state index contributed by atoms with van der Waals surface area (Å²) in [5.74, 6) is -1.22. The molecular weight excluding hydrogens is 344 g/mol. The third-order valence-corrected chi connectivity index (χ3v) is 4.78. The highest BCUT2D eigenvalue weighted by molar-refractivity contribution is 7.81. The molecule has 0 aliphatic carbocycles. The summed E-state index contributed by atoms with van der Waals surface area (Å²) >= 11 is 0. The summed E-state index contributed by atoms with van der Waals surface area (Å²) in [6.07, 6.45) is 17.4. The van der Waals surface area contributed by atoms with Crippen molar-refractivity contribution in [3.63, 3.8) is 0 Å². The van der Waals surface area contributed by atoms with Gasteiger partial charge in [0.1, 0.15) is 0 Å². The van der Waals surface area contributed by atoms with Crippen LogP contribution in [0.3, 0.4) is 0 Å². The van der Waals surface area contributed by atoms with Gasteiger partial charge in [0, 0.05) is 0 Å². The fourth-order valence-electron chi connectivity index (χ4n) is 2.59. The lowest BCUT2D eigenvalue weighted by molar-refractivity contribution is 0.168. The summed E-state index contributed by atoms with van der Waals surface area (Å²) in [4.78, 5) is 0. The Labute approximate surface area is 153 Å². The predicted octanol–water partition coefficient (Wildman–Crippen LogP) is 5.66. The maximum Gasteiger partial charge on any atom is 0.448 e.